The van der Waals surface area contributed by atoms with Crippen molar-refractivity contribution >= 4 is 17.6 Å². The summed E-state index contributed by atoms with van der Waals surface area (Å²) in [5.41, 5.74) is 3.10. The van der Waals surface area contributed by atoms with Gasteiger partial charge in [0.05, 0.1) is 19.7 Å². The second-order valence-corrected chi connectivity index (χ2v) is 6.49. The monoisotopic (exact) mass is 367 g/mol. The molecule has 2 N–H and O–H groups in total. The summed E-state index contributed by atoms with van der Waals surface area (Å²) >= 11 is 0. The number of nitrogens with zero attached hydrogens (tertiary/aromatic N) is 1. The van der Waals surface area contributed by atoms with Gasteiger partial charge in [0.1, 0.15) is 5.75 Å². The van der Waals surface area contributed by atoms with E-state index in [2.05, 4.69) is 10.6 Å². The Balaban J connectivity index is 1.53. The van der Waals surface area contributed by atoms with E-state index in [0.717, 1.165) is 29.8 Å². The Morgan fingerprint density at radius 1 is 1.15 bits per heavy atom. The van der Waals surface area contributed by atoms with E-state index in [1.165, 1.54) is 5.56 Å². The van der Waals surface area contributed by atoms with Gasteiger partial charge in [-0.05, 0) is 42.2 Å². The number of fused-ring (bicyclic) bond motifs is 1. The highest BCUT2D eigenvalue weighted by Crippen LogP contribution is 2.27. The fraction of sp³-hybridized carbons (Fsp3) is 0.333. The molecule has 0 aliphatic carbocycles. The Morgan fingerprint density at radius 3 is 2.59 bits per heavy atom. The van der Waals surface area contributed by atoms with Gasteiger partial charge in [-0.15, -0.1) is 0 Å². The average molecular weight is 367 g/mol. The molecule has 0 bridgehead atoms. The van der Waals surface area contributed by atoms with Gasteiger partial charge in [0.15, 0.2) is 0 Å². The Hall–Kier alpha value is -3.02. The third-order valence-electron chi connectivity index (χ3n) is 4.82. The van der Waals surface area contributed by atoms with Crippen molar-refractivity contribution in [3.63, 3.8) is 0 Å². The van der Waals surface area contributed by atoms with Crippen LogP contribution in [0.1, 0.15) is 30.5 Å². The molecule has 0 fully saturated rings. The molecule has 1 heterocycles. The number of rotatable bonds is 6. The molecule has 6 heteroatoms. The first kappa shape index (κ1) is 18.8. The van der Waals surface area contributed by atoms with Crippen LogP contribution in [-0.2, 0) is 11.2 Å². The van der Waals surface area contributed by atoms with Crippen LogP contribution in [0.4, 0.5) is 10.5 Å². The number of hydrogen-bond acceptors (Lipinski definition) is 3. The molecule has 3 amide bonds. The summed E-state index contributed by atoms with van der Waals surface area (Å²) in [5.74, 6) is 0.669. The number of carbonyl (C=O) groups excluding carboxylic acids is 2. The molecule has 2 aromatic carbocycles. The number of nitrogens with one attached hydrogen (secondary N) is 2. The highest BCUT2D eigenvalue weighted by atomic mass is 16.5. The van der Waals surface area contributed by atoms with Gasteiger partial charge in [0.25, 0.3) is 0 Å². The van der Waals surface area contributed by atoms with Crippen molar-refractivity contribution in [2.75, 3.05) is 25.1 Å². The Morgan fingerprint density at radius 2 is 1.89 bits per heavy atom. The van der Waals surface area contributed by atoms with Crippen molar-refractivity contribution in [3.8, 4) is 5.75 Å². The van der Waals surface area contributed by atoms with Gasteiger partial charge in [0, 0.05) is 12.2 Å². The molecule has 1 atom stereocenters. The number of methoxy groups -OCH3 is 1. The van der Waals surface area contributed by atoms with Gasteiger partial charge in [0.2, 0.25) is 5.91 Å². The Bertz CT molecular complexity index is 805. The maximum atomic E-state index is 12.5. The molecule has 27 heavy (non-hydrogen) atoms. The lowest BCUT2D eigenvalue weighted by Crippen LogP contribution is -2.44. The zero-order chi connectivity index (χ0) is 19.2. The molecule has 0 aromatic heterocycles. The summed E-state index contributed by atoms with van der Waals surface area (Å²) in [4.78, 5) is 26.5. The molecule has 1 aliphatic rings. The number of carbonyl (C=O) groups is 2. The van der Waals surface area contributed by atoms with E-state index in [1.807, 2.05) is 55.5 Å². The summed E-state index contributed by atoms with van der Waals surface area (Å²) in [5, 5.41) is 5.61. The van der Waals surface area contributed by atoms with Crippen LogP contribution in [-0.4, -0.2) is 32.1 Å². The molecule has 0 spiro atoms. The molecular formula is C21H25N3O3. The van der Waals surface area contributed by atoms with Crippen molar-refractivity contribution in [2.45, 2.75) is 25.8 Å². The fourth-order valence-electron chi connectivity index (χ4n) is 3.32. The predicted molar refractivity (Wildman–Crippen MR) is 105 cm³/mol. The first-order valence-corrected chi connectivity index (χ1v) is 9.19. The topological polar surface area (TPSA) is 70.7 Å². The van der Waals surface area contributed by atoms with Gasteiger partial charge in [-0.3, -0.25) is 4.79 Å². The van der Waals surface area contributed by atoms with Gasteiger partial charge in [-0.25, -0.2) is 4.79 Å². The first-order chi connectivity index (χ1) is 13.1. The van der Waals surface area contributed by atoms with E-state index in [9.17, 15) is 9.59 Å². The highest BCUT2D eigenvalue weighted by molar-refractivity contribution is 5.98. The van der Waals surface area contributed by atoms with Gasteiger partial charge < -0.3 is 20.3 Å². The van der Waals surface area contributed by atoms with Crippen molar-refractivity contribution in [1.82, 2.24) is 10.6 Å². The first-order valence-electron chi connectivity index (χ1n) is 9.19. The molecule has 0 saturated carbocycles. The minimum absolute atomic E-state index is 0.0286. The number of amides is 3. The molecule has 0 radical (unpaired) electrons. The van der Waals surface area contributed by atoms with Crippen LogP contribution in [0.15, 0.2) is 48.5 Å². The van der Waals surface area contributed by atoms with E-state index >= 15 is 0 Å². The van der Waals surface area contributed by atoms with E-state index in [4.69, 9.17) is 4.74 Å². The fourth-order valence-corrected chi connectivity index (χ4v) is 3.32. The number of benzene rings is 2. The quantitative estimate of drug-likeness (QED) is 0.824. The van der Waals surface area contributed by atoms with Crippen LogP contribution in [0.2, 0.25) is 0 Å². The second kappa shape index (κ2) is 8.58. The highest BCUT2D eigenvalue weighted by Gasteiger charge is 2.24. The summed E-state index contributed by atoms with van der Waals surface area (Å²) in [6.45, 7) is 2.63. The van der Waals surface area contributed by atoms with Crippen LogP contribution < -0.4 is 20.3 Å². The van der Waals surface area contributed by atoms with E-state index < -0.39 is 0 Å². The lowest BCUT2D eigenvalue weighted by atomic mass is 10.0. The summed E-state index contributed by atoms with van der Waals surface area (Å²) in [6.07, 6.45) is 1.59. The van der Waals surface area contributed by atoms with Crippen molar-refractivity contribution in [3.05, 3.63) is 59.7 Å². The number of anilines is 1. The van der Waals surface area contributed by atoms with Crippen LogP contribution in [0, 0.1) is 0 Å². The molecule has 142 valence electrons. The van der Waals surface area contributed by atoms with Crippen LogP contribution in [0.25, 0.3) is 0 Å². The second-order valence-electron chi connectivity index (χ2n) is 6.49. The molecule has 3 rings (SSSR count). The minimum Gasteiger partial charge on any atom is -0.497 e. The minimum atomic E-state index is -0.349. The van der Waals surface area contributed by atoms with Crippen LogP contribution >= 0.6 is 0 Å². The molecule has 1 unspecified atom stereocenters. The normalized spacial score (nSPS) is 13.6. The zero-order valence-electron chi connectivity index (χ0n) is 15.7. The lowest BCUT2D eigenvalue weighted by molar-refractivity contribution is -0.117. The van der Waals surface area contributed by atoms with Crippen molar-refractivity contribution in [2.24, 2.45) is 0 Å². The summed E-state index contributed by atoms with van der Waals surface area (Å²) in [6, 6.07) is 15.0. The standard InChI is InChI=1S/C21H25N3O3/c1-3-18(15-8-10-17(27-2)11-9-15)23-21(26)22-14-20(25)24-13-12-16-6-4-5-7-19(16)24/h4-11,18H,3,12-14H2,1-2H3,(H2,22,23,26). The summed E-state index contributed by atoms with van der Waals surface area (Å²) in [7, 11) is 1.62. The van der Waals surface area contributed by atoms with Crippen LogP contribution in [0.3, 0.4) is 0 Å². The number of para-hydroxylation sites is 1. The average Bonchev–Trinajstić information content (AvgIpc) is 3.14. The number of hydrogen-bond donors (Lipinski definition) is 2. The van der Waals surface area contributed by atoms with Crippen molar-refractivity contribution in [1.29, 1.82) is 0 Å². The lowest BCUT2D eigenvalue weighted by Gasteiger charge is -2.20. The van der Waals surface area contributed by atoms with E-state index in [0.29, 0.717) is 6.54 Å². The molecular weight excluding hydrogens is 342 g/mol. The van der Waals surface area contributed by atoms with Gasteiger partial charge in [-0.2, -0.15) is 0 Å². The smallest absolute Gasteiger partial charge is 0.315 e. The number of ether oxygens (including phenoxy) is 1. The molecule has 6 nitrogen and oxygen atoms in total. The third kappa shape index (κ3) is 4.39. The van der Waals surface area contributed by atoms with Gasteiger partial charge >= 0.3 is 6.03 Å². The maximum absolute atomic E-state index is 12.5. The van der Waals surface area contributed by atoms with Crippen LogP contribution in [0.5, 0.6) is 5.75 Å². The van der Waals surface area contributed by atoms with E-state index in [1.54, 1.807) is 12.0 Å². The van der Waals surface area contributed by atoms with Crippen molar-refractivity contribution < 1.29 is 14.3 Å². The SMILES string of the molecule is CCC(NC(=O)NCC(=O)N1CCc2ccccc21)c1ccc(OC)cc1. The Labute approximate surface area is 159 Å². The summed E-state index contributed by atoms with van der Waals surface area (Å²) < 4.78 is 5.16. The largest absolute Gasteiger partial charge is 0.497 e. The molecule has 2 aromatic rings. The zero-order valence-corrected chi connectivity index (χ0v) is 15.7. The maximum Gasteiger partial charge on any atom is 0.315 e. The predicted octanol–water partition coefficient (Wildman–Crippen LogP) is 3.03. The van der Waals surface area contributed by atoms with Gasteiger partial charge in [-0.1, -0.05) is 37.3 Å². The van der Waals surface area contributed by atoms with E-state index in [-0.39, 0.29) is 24.5 Å². The third-order valence-corrected chi connectivity index (χ3v) is 4.82. The molecule has 1 aliphatic heterocycles. The Kier molecular flexibility index (Phi) is 5.96. The molecule has 0 saturated heterocycles. The number of urea groups is 1.